The number of hydrogen-bond acceptors (Lipinski definition) is 5. The van der Waals surface area contributed by atoms with Gasteiger partial charge >= 0.3 is 0 Å². The number of fused-ring (bicyclic) bond motifs is 1. The first-order valence-corrected chi connectivity index (χ1v) is 11.6. The number of nitrogens with one attached hydrogen (secondary N) is 2. The van der Waals surface area contributed by atoms with Crippen LogP contribution in [0.1, 0.15) is 44.1 Å². The smallest absolute Gasteiger partial charge is 0.225 e. The van der Waals surface area contributed by atoms with E-state index in [-0.39, 0.29) is 0 Å². The summed E-state index contributed by atoms with van der Waals surface area (Å²) in [6.07, 6.45) is 4.85. The Morgan fingerprint density at radius 1 is 0.935 bits per heavy atom. The summed E-state index contributed by atoms with van der Waals surface area (Å²) in [5, 5.41) is 8.42. The molecule has 0 spiro atoms. The molecule has 0 bridgehead atoms. The fourth-order valence-corrected chi connectivity index (χ4v) is 4.56. The van der Waals surface area contributed by atoms with Crippen molar-refractivity contribution in [3.63, 3.8) is 0 Å². The molecule has 164 valence electrons. The van der Waals surface area contributed by atoms with Gasteiger partial charge in [0.2, 0.25) is 5.95 Å². The Hall–Kier alpha value is -2.66. The van der Waals surface area contributed by atoms with Crippen molar-refractivity contribution in [2.45, 2.75) is 44.6 Å². The molecule has 1 saturated carbocycles. The fraction of sp³-hybridized carbons (Fsp3) is 0.462. The summed E-state index contributed by atoms with van der Waals surface area (Å²) in [5.41, 5.74) is 2.41. The monoisotopic (exact) mass is 417 g/mol. The van der Waals surface area contributed by atoms with Gasteiger partial charge in [-0.3, -0.25) is 0 Å². The minimum Gasteiger partial charge on any atom is -0.362 e. The zero-order valence-corrected chi connectivity index (χ0v) is 19.0. The molecule has 2 aromatic carbocycles. The summed E-state index contributed by atoms with van der Waals surface area (Å²) < 4.78 is 0. The van der Waals surface area contributed by atoms with Crippen molar-refractivity contribution >= 4 is 22.7 Å². The standard InChI is InChI=1S/C26H35N5/c1-19(21-9-5-4-6-10-21)17-27-18-20-13-15-22(16-14-20)28-26-29-24-12-8-7-11-23(24)25(30-26)31(2)3/h4-12,19-20,22,27H,13-18H2,1-3H3,(H,28,29,30)/t19?,20-,22+. The van der Waals surface area contributed by atoms with Crippen LogP contribution in [0.2, 0.25) is 0 Å². The van der Waals surface area contributed by atoms with Crippen LogP contribution in [0, 0.1) is 5.92 Å². The van der Waals surface area contributed by atoms with Crippen LogP contribution < -0.4 is 15.5 Å². The molecule has 1 heterocycles. The maximum Gasteiger partial charge on any atom is 0.225 e. The van der Waals surface area contributed by atoms with Gasteiger partial charge < -0.3 is 15.5 Å². The molecule has 2 N–H and O–H groups in total. The number of para-hydroxylation sites is 1. The first kappa shape index (κ1) is 21.6. The number of benzene rings is 2. The second-order valence-electron chi connectivity index (χ2n) is 9.11. The highest BCUT2D eigenvalue weighted by Crippen LogP contribution is 2.28. The van der Waals surface area contributed by atoms with Crippen LogP contribution in [0.25, 0.3) is 10.9 Å². The molecule has 0 radical (unpaired) electrons. The number of nitrogens with zero attached hydrogens (tertiary/aromatic N) is 3. The minimum absolute atomic E-state index is 0.454. The number of hydrogen-bond donors (Lipinski definition) is 2. The topological polar surface area (TPSA) is 53.1 Å². The predicted octanol–water partition coefficient (Wildman–Crippen LogP) is 5.06. The molecule has 4 rings (SSSR count). The van der Waals surface area contributed by atoms with E-state index >= 15 is 0 Å². The van der Waals surface area contributed by atoms with E-state index in [0.29, 0.717) is 12.0 Å². The third-order valence-corrected chi connectivity index (χ3v) is 6.44. The van der Waals surface area contributed by atoms with E-state index in [9.17, 15) is 0 Å². The lowest BCUT2D eigenvalue weighted by Crippen LogP contribution is -2.33. The molecule has 1 aromatic heterocycles. The van der Waals surface area contributed by atoms with Gasteiger partial charge in [0.05, 0.1) is 5.52 Å². The maximum atomic E-state index is 4.80. The van der Waals surface area contributed by atoms with Gasteiger partial charge in [0.1, 0.15) is 5.82 Å². The van der Waals surface area contributed by atoms with Crippen LogP contribution in [0.5, 0.6) is 0 Å². The Bertz CT molecular complexity index is 964. The lowest BCUT2D eigenvalue weighted by atomic mass is 9.86. The van der Waals surface area contributed by atoms with Crippen molar-refractivity contribution in [3.8, 4) is 0 Å². The molecule has 1 unspecified atom stereocenters. The average molecular weight is 418 g/mol. The highest BCUT2D eigenvalue weighted by Gasteiger charge is 2.22. The van der Waals surface area contributed by atoms with Crippen LogP contribution in [-0.4, -0.2) is 43.2 Å². The molecule has 0 amide bonds. The number of anilines is 2. The van der Waals surface area contributed by atoms with Gasteiger partial charge in [-0.1, -0.05) is 49.4 Å². The Labute approximate surface area is 186 Å². The van der Waals surface area contributed by atoms with Gasteiger partial charge in [0, 0.05) is 32.1 Å². The zero-order chi connectivity index (χ0) is 21.6. The molecule has 5 nitrogen and oxygen atoms in total. The van der Waals surface area contributed by atoms with Crippen molar-refractivity contribution < 1.29 is 0 Å². The van der Waals surface area contributed by atoms with Crippen LogP contribution in [0.3, 0.4) is 0 Å². The summed E-state index contributed by atoms with van der Waals surface area (Å²) in [6, 6.07) is 19.5. The third-order valence-electron chi connectivity index (χ3n) is 6.44. The van der Waals surface area contributed by atoms with Gasteiger partial charge in [-0.25, -0.2) is 4.98 Å². The van der Waals surface area contributed by atoms with Crippen molar-refractivity contribution in [2.24, 2.45) is 5.92 Å². The normalized spacial score (nSPS) is 19.8. The molecule has 31 heavy (non-hydrogen) atoms. The van der Waals surface area contributed by atoms with E-state index in [1.807, 2.05) is 26.2 Å². The summed E-state index contributed by atoms with van der Waals surface area (Å²) in [4.78, 5) is 11.6. The molecule has 1 fully saturated rings. The lowest BCUT2D eigenvalue weighted by Gasteiger charge is -2.30. The van der Waals surface area contributed by atoms with Crippen LogP contribution in [0.15, 0.2) is 54.6 Å². The fourth-order valence-electron chi connectivity index (χ4n) is 4.56. The van der Waals surface area contributed by atoms with Gasteiger partial charge in [-0.05, 0) is 61.8 Å². The van der Waals surface area contributed by atoms with Crippen LogP contribution in [0.4, 0.5) is 11.8 Å². The maximum absolute atomic E-state index is 4.80. The summed E-state index contributed by atoms with van der Waals surface area (Å²) >= 11 is 0. The van der Waals surface area contributed by atoms with Crippen molar-refractivity contribution in [3.05, 3.63) is 60.2 Å². The minimum atomic E-state index is 0.454. The molecule has 3 aromatic rings. The predicted molar refractivity (Wildman–Crippen MR) is 131 cm³/mol. The number of aromatic nitrogens is 2. The first-order chi connectivity index (χ1) is 15.1. The Balaban J connectivity index is 1.27. The van der Waals surface area contributed by atoms with Crippen molar-refractivity contribution in [1.82, 2.24) is 15.3 Å². The Morgan fingerprint density at radius 3 is 2.39 bits per heavy atom. The quantitative estimate of drug-likeness (QED) is 0.536. The largest absolute Gasteiger partial charge is 0.362 e. The van der Waals surface area contributed by atoms with Crippen molar-refractivity contribution in [2.75, 3.05) is 37.4 Å². The molecule has 1 aliphatic carbocycles. The SMILES string of the molecule is CC(CNC[C@H]1CC[C@@H](Nc2nc(N(C)C)c3ccccc3n2)CC1)c1ccccc1. The molecule has 0 aliphatic heterocycles. The Morgan fingerprint density at radius 2 is 1.65 bits per heavy atom. The summed E-state index contributed by atoms with van der Waals surface area (Å²) in [7, 11) is 4.07. The average Bonchev–Trinajstić information content (AvgIpc) is 2.80. The van der Waals surface area contributed by atoms with E-state index in [4.69, 9.17) is 9.97 Å². The third kappa shape index (κ3) is 5.53. The van der Waals surface area contributed by atoms with E-state index in [2.05, 4.69) is 64.9 Å². The highest BCUT2D eigenvalue weighted by atomic mass is 15.2. The second-order valence-corrected chi connectivity index (χ2v) is 9.11. The molecule has 5 heteroatoms. The van der Waals surface area contributed by atoms with Crippen LogP contribution in [-0.2, 0) is 0 Å². The molecule has 1 atom stereocenters. The molecule has 1 aliphatic rings. The summed E-state index contributed by atoms with van der Waals surface area (Å²) in [5.74, 6) is 3.03. The molecular weight excluding hydrogens is 382 g/mol. The molecular formula is C26H35N5. The zero-order valence-electron chi connectivity index (χ0n) is 19.0. The van der Waals surface area contributed by atoms with Gasteiger partial charge in [-0.15, -0.1) is 0 Å². The van der Waals surface area contributed by atoms with E-state index < -0.39 is 0 Å². The van der Waals surface area contributed by atoms with Gasteiger partial charge in [0.15, 0.2) is 0 Å². The second kappa shape index (κ2) is 10.1. The Kier molecular flexibility index (Phi) is 7.03. The van der Waals surface area contributed by atoms with Gasteiger partial charge in [-0.2, -0.15) is 4.98 Å². The number of rotatable bonds is 8. The van der Waals surface area contributed by atoms with E-state index in [1.54, 1.807) is 0 Å². The molecule has 0 saturated heterocycles. The van der Waals surface area contributed by atoms with E-state index in [0.717, 1.165) is 41.7 Å². The summed E-state index contributed by atoms with van der Waals surface area (Å²) in [6.45, 7) is 4.45. The van der Waals surface area contributed by atoms with Crippen molar-refractivity contribution in [1.29, 1.82) is 0 Å². The van der Waals surface area contributed by atoms with E-state index in [1.165, 1.54) is 31.2 Å². The lowest BCUT2D eigenvalue weighted by molar-refractivity contribution is 0.322. The van der Waals surface area contributed by atoms with Crippen LogP contribution >= 0.6 is 0 Å². The van der Waals surface area contributed by atoms with Gasteiger partial charge in [0.25, 0.3) is 0 Å². The highest BCUT2D eigenvalue weighted by molar-refractivity contribution is 5.90. The first-order valence-electron chi connectivity index (χ1n) is 11.6.